The Morgan fingerprint density at radius 1 is 1.15 bits per heavy atom. The molecule has 0 saturated heterocycles. The van der Waals surface area contributed by atoms with Crippen LogP contribution in [-0.2, 0) is 0 Å². The van der Waals surface area contributed by atoms with Crippen molar-refractivity contribution in [3.8, 4) is 5.88 Å². The van der Waals surface area contributed by atoms with Crippen LogP contribution in [-0.4, -0.2) is 23.1 Å². The summed E-state index contributed by atoms with van der Waals surface area (Å²) in [5, 5.41) is 3.32. The molecular weight excluding hydrogens is 250 g/mol. The number of unbranched alkanes of at least 4 members (excludes halogenated alkanes) is 3. The van der Waals surface area contributed by atoms with E-state index in [4.69, 9.17) is 4.74 Å². The lowest BCUT2D eigenvalue weighted by molar-refractivity contribution is 0.290. The first kappa shape index (κ1) is 15.1. The number of rotatable bonds is 9. The standard InChI is InChI=1S/C16H27N3O/c1-4-6-7-8-11-20-16-12(3)14(17-5-2)18-15(19-16)13-9-10-13/h13H,4-11H2,1-3H3,(H,17,18,19). The predicted octanol–water partition coefficient (Wildman–Crippen LogP) is 4.05. The molecule has 1 N–H and O–H groups in total. The maximum absolute atomic E-state index is 5.90. The average molecular weight is 277 g/mol. The van der Waals surface area contributed by atoms with E-state index in [1.165, 1.54) is 32.1 Å². The van der Waals surface area contributed by atoms with E-state index < -0.39 is 0 Å². The monoisotopic (exact) mass is 277 g/mol. The maximum atomic E-state index is 5.90. The van der Waals surface area contributed by atoms with E-state index >= 15 is 0 Å². The quantitative estimate of drug-likeness (QED) is 0.692. The first-order valence-corrected chi connectivity index (χ1v) is 8.01. The molecule has 0 bridgehead atoms. The number of hydrogen-bond donors (Lipinski definition) is 1. The summed E-state index contributed by atoms with van der Waals surface area (Å²) in [6, 6.07) is 0. The number of ether oxygens (including phenoxy) is 1. The highest BCUT2D eigenvalue weighted by Gasteiger charge is 2.28. The van der Waals surface area contributed by atoms with Crippen LogP contribution in [0.2, 0.25) is 0 Å². The number of nitrogens with zero attached hydrogens (tertiary/aromatic N) is 2. The Hall–Kier alpha value is -1.32. The zero-order valence-corrected chi connectivity index (χ0v) is 13.0. The van der Waals surface area contributed by atoms with Crippen molar-refractivity contribution in [3.05, 3.63) is 11.4 Å². The van der Waals surface area contributed by atoms with Crippen molar-refractivity contribution in [1.82, 2.24) is 9.97 Å². The molecule has 0 unspecified atom stereocenters. The molecule has 1 aromatic rings. The van der Waals surface area contributed by atoms with Crippen LogP contribution < -0.4 is 10.1 Å². The van der Waals surface area contributed by atoms with Crippen LogP contribution in [0.1, 0.15) is 69.7 Å². The van der Waals surface area contributed by atoms with Crippen LogP contribution >= 0.6 is 0 Å². The summed E-state index contributed by atoms with van der Waals surface area (Å²) in [7, 11) is 0. The molecule has 1 heterocycles. The van der Waals surface area contributed by atoms with Crippen LogP contribution in [0.15, 0.2) is 0 Å². The normalized spacial score (nSPS) is 14.3. The van der Waals surface area contributed by atoms with Gasteiger partial charge in [-0.1, -0.05) is 26.2 Å². The van der Waals surface area contributed by atoms with Crippen molar-refractivity contribution in [1.29, 1.82) is 0 Å². The van der Waals surface area contributed by atoms with Crippen molar-refractivity contribution in [3.63, 3.8) is 0 Å². The van der Waals surface area contributed by atoms with Gasteiger partial charge in [-0.3, -0.25) is 0 Å². The van der Waals surface area contributed by atoms with Crippen molar-refractivity contribution in [2.75, 3.05) is 18.5 Å². The Labute approximate surface area is 122 Å². The van der Waals surface area contributed by atoms with Gasteiger partial charge < -0.3 is 10.1 Å². The van der Waals surface area contributed by atoms with E-state index in [1.807, 2.05) is 6.92 Å². The first-order chi connectivity index (χ1) is 9.76. The Morgan fingerprint density at radius 3 is 2.60 bits per heavy atom. The lowest BCUT2D eigenvalue weighted by Crippen LogP contribution is -2.09. The Morgan fingerprint density at radius 2 is 1.95 bits per heavy atom. The van der Waals surface area contributed by atoms with Crippen molar-refractivity contribution >= 4 is 5.82 Å². The molecule has 1 saturated carbocycles. The van der Waals surface area contributed by atoms with Gasteiger partial charge >= 0.3 is 0 Å². The summed E-state index contributed by atoms with van der Waals surface area (Å²) in [4.78, 5) is 9.26. The highest BCUT2D eigenvalue weighted by Crippen LogP contribution is 2.39. The fourth-order valence-corrected chi connectivity index (χ4v) is 2.21. The summed E-state index contributed by atoms with van der Waals surface area (Å²) in [5.41, 5.74) is 1.03. The molecule has 0 amide bonds. The number of hydrogen-bond acceptors (Lipinski definition) is 4. The average Bonchev–Trinajstić information content (AvgIpc) is 3.27. The summed E-state index contributed by atoms with van der Waals surface area (Å²) in [6.45, 7) is 7.98. The summed E-state index contributed by atoms with van der Waals surface area (Å²) in [6.07, 6.45) is 7.29. The van der Waals surface area contributed by atoms with E-state index in [0.29, 0.717) is 5.92 Å². The lowest BCUT2D eigenvalue weighted by atomic mass is 10.2. The molecule has 4 heteroatoms. The molecule has 4 nitrogen and oxygen atoms in total. The van der Waals surface area contributed by atoms with E-state index in [9.17, 15) is 0 Å². The van der Waals surface area contributed by atoms with Gasteiger partial charge in [0.2, 0.25) is 5.88 Å². The van der Waals surface area contributed by atoms with Gasteiger partial charge in [-0.2, -0.15) is 4.98 Å². The second kappa shape index (κ2) is 7.46. The van der Waals surface area contributed by atoms with E-state index in [2.05, 4.69) is 29.1 Å². The summed E-state index contributed by atoms with van der Waals surface area (Å²) in [5.74, 6) is 3.22. The minimum absolute atomic E-state index is 0.551. The molecule has 0 spiro atoms. The smallest absolute Gasteiger partial charge is 0.221 e. The van der Waals surface area contributed by atoms with Gasteiger partial charge in [0.25, 0.3) is 0 Å². The zero-order valence-electron chi connectivity index (χ0n) is 13.0. The maximum Gasteiger partial charge on any atom is 0.221 e. The van der Waals surface area contributed by atoms with Gasteiger partial charge in [0.1, 0.15) is 11.6 Å². The van der Waals surface area contributed by atoms with Crippen LogP contribution in [0.3, 0.4) is 0 Å². The molecule has 2 rings (SSSR count). The highest BCUT2D eigenvalue weighted by molar-refractivity contribution is 5.49. The predicted molar refractivity (Wildman–Crippen MR) is 82.5 cm³/mol. The van der Waals surface area contributed by atoms with Crippen molar-refractivity contribution in [2.24, 2.45) is 0 Å². The number of anilines is 1. The minimum atomic E-state index is 0.551. The van der Waals surface area contributed by atoms with Gasteiger partial charge in [-0.05, 0) is 33.1 Å². The molecule has 112 valence electrons. The third kappa shape index (κ3) is 4.09. The van der Waals surface area contributed by atoms with E-state index in [-0.39, 0.29) is 0 Å². The van der Waals surface area contributed by atoms with Crippen LogP contribution in [0.5, 0.6) is 5.88 Å². The summed E-state index contributed by atoms with van der Waals surface area (Å²) >= 11 is 0. The fourth-order valence-electron chi connectivity index (χ4n) is 2.21. The van der Waals surface area contributed by atoms with Gasteiger partial charge in [0.15, 0.2) is 0 Å². The van der Waals surface area contributed by atoms with Crippen molar-refractivity contribution in [2.45, 2.75) is 65.2 Å². The molecule has 0 atom stereocenters. The SMILES string of the molecule is CCCCCCOc1nc(C2CC2)nc(NCC)c1C. The molecule has 20 heavy (non-hydrogen) atoms. The first-order valence-electron chi connectivity index (χ1n) is 8.01. The summed E-state index contributed by atoms with van der Waals surface area (Å²) < 4.78 is 5.90. The highest BCUT2D eigenvalue weighted by atomic mass is 16.5. The largest absolute Gasteiger partial charge is 0.477 e. The topological polar surface area (TPSA) is 47.0 Å². The van der Waals surface area contributed by atoms with Crippen LogP contribution in [0, 0.1) is 6.92 Å². The Bertz CT molecular complexity index is 430. The van der Waals surface area contributed by atoms with Gasteiger partial charge in [-0.25, -0.2) is 4.98 Å². The third-order valence-corrected chi connectivity index (χ3v) is 3.64. The van der Waals surface area contributed by atoms with Crippen molar-refractivity contribution < 1.29 is 4.74 Å². The molecule has 1 aromatic heterocycles. The molecule has 0 aromatic carbocycles. The fraction of sp³-hybridized carbons (Fsp3) is 0.750. The molecule has 1 aliphatic carbocycles. The molecular formula is C16H27N3O. The molecule has 1 fully saturated rings. The van der Waals surface area contributed by atoms with Crippen LogP contribution in [0.25, 0.3) is 0 Å². The van der Waals surface area contributed by atoms with Gasteiger partial charge in [0, 0.05) is 12.5 Å². The lowest BCUT2D eigenvalue weighted by Gasteiger charge is -2.13. The van der Waals surface area contributed by atoms with E-state index in [1.54, 1.807) is 0 Å². The molecule has 0 aliphatic heterocycles. The third-order valence-electron chi connectivity index (χ3n) is 3.64. The van der Waals surface area contributed by atoms with E-state index in [0.717, 1.165) is 42.7 Å². The second-order valence-corrected chi connectivity index (χ2v) is 5.57. The molecule has 1 aliphatic rings. The Balaban J connectivity index is 2.01. The minimum Gasteiger partial charge on any atom is -0.477 e. The Kier molecular flexibility index (Phi) is 5.62. The molecule has 0 radical (unpaired) electrons. The zero-order chi connectivity index (χ0) is 14.4. The van der Waals surface area contributed by atoms with Crippen LogP contribution in [0.4, 0.5) is 5.82 Å². The number of nitrogens with one attached hydrogen (secondary N) is 1. The second-order valence-electron chi connectivity index (χ2n) is 5.57. The van der Waals surface area contributed by atoms with Gasteiger partial charge in [-0.15, -0.1) is 0 Å². The van der Waals surface area contributed by atoms with Gasteiger partial charge in [0.05, 0.1) is 12.2 Å². The number of aromatic nitrogens is 2.